The molecule has 170 valence electrons. The van der Waals surface area contributed by atoms with Crippen LogP contribution >= 0.6 is 0 Å². The van der Waals surface area contributed by atoms with E-state index in [0.29, 0.717) is 25.2 Å². The third kappa shape index (κ3) is 4.55. The molecule has 2 atom stereocenters. The highest BCUT2D eigenvalue weighted by atomic mass is 32.2. The maximum Gasteiger partial charge on any atom is 0.272 e. The fourth-order valence-corrected chi connectivity index (χ4v) is 6.20. The van der Waals surface area contributed by atoms with Gasteiger partial charge in [0.1, 0.15) is 0 Å². The molecule has 2 aliphatic rings. The van der Waals surface area contributed by atoms with Crippen LogP contribution in [0.4, 0.5) is 0 Å². The summed E-state index contributed by atoms with van der Waals surface area (Å²) in [4.78, 5) is 33.8. The van der Waals surface area contributed by atoms with Gasteiger partial charge >= 0.3 is 0 Å². The predicted octanol–water partition coefficient (Wildman–Crippen LogP) is 0.755. The smallest absolute Gasteiger partial charge is 0.272 e. The lowest BCUT2D eigenvalue weighted by atomic mass is 9.93. The molecule has 0 spiro atoms. The molecule has 0 saturated carbocycles. The second-order valence-electron chi connectivity index (χ2n) is 9.93. The summed E-state index contributed by atoms with van der Waals surface area (Å²) >= 11 is 0. The van der Waals surface area contributed by atoms with Crippen LogP contribution in [0, 0.1) is 0 Å². The lowest BCUT2D eigenvalue weighted by Crippen LogP contribution is -2.42. The van der Waals surface area contributed by atoms with Gasteiger partial charge in [-0.3, -0.25) is 19.6 Å². The van der Waals surface area contributed by atoms with Gasteiger partial charge in [0.2, 0.25) is 5.91 Å². The third-order valence-electron chi connectivity index (χ3n) is 6.45. The number of nitrogens with one attached hydrogen (secondary N) is 1. The van der Waals surface area contributed by atoms with E-state index in [1.165, 1.54) is 4.52 Å². The number of rotatable bonds is 4. The Bertz CT molecular complexity index is 1160. The molecule has 2 aliphatic heterocycles. The minimum Gasteiger partial charge on any atom is -0.341 e. The van der Waals surface area contributed by atoms with Crippen molar-refractivity contribution in [2.24, 2.45) is 0 Å². The maximum absolute atomic E-state index is 12.8. The van der Waals surface area contributed by atoms with E-state index in [1.54, 1.807) is 11.0 Å². The molecule has 0 bridgehead atoms. The second-order valence-corrected chi connectivity index (χ2v) is 12.2. The van der Waals surface area contributed by atoms with Gasteiger partial charge in [0, 0.05) is 48.3 Å². The summed E-state index contributed by atoms with van der Waals surface area (Å²) in [6, 6.07) is 3.37. The van der Waals surface area contributed by atoms with Gasteiger partial charge in [-0.15, -0.1) is 0 Å². The highest BCUT2D eigenvalue weighted by Crippen LogP contribution is 2.27. The van der Waals surface area contributed by atoms with E-state index in [1.807, 2.05) is 18.0 Å². The molecule has 2 aromatic heterocycles. The number of likely N-dealkylation sites (tertiary alicyclic amines) is 1. The number of likely N-dealkylation sites (N-methyl/N-ethyl adjacent to an activating group) is 1. The van der Waals surface area contributed by atoms with Crippen molar-refractivity contribution >= 4 is 21.4 Å². The Balaban J connectivity index is 1.44. The van der Waals surface area contributed by atoms with Crippen LogP contribution in [-0.2, 0) is 20.0 Å². The minimum absolute atomic E-state index is 0.0104. The number of fused-ring (bicyclic) bond motifs is 1. The normalized spacial score (nSPS) is 23.8. The number of carbonyl (C=O) groups is 1. The van der Waals surface area contributed by atoms with E-state index >= 15 is 0 Å². The van der Waals surface area contributed by atoms with Crippen molar-refractivity contribution in [2.45, 2.75) is 51.0 Å². The Hall–Kier alpha value is -2.20. The lowest BCUT2D eigenvalue weighted by molar-refractivity contribution is -0.131. The highest BCUT2D eigenvalue weighted by molar-refractivity contribution is 7.91. The predicted molar refractivity (Wildman–Crippen MR) is 118 cm³/mol. The number of carbonyl (C=O) groups excluding carboxylic acids is 1. The first kappa shape index (κ1) is 22.0. The summed E-state index contributed by atoms with van der Waals surface area (Å²) in [5.41, 5.74) is 1.98. The highest BCUT2D eigenvalue weighted by Gasteiger charge is 2.34. The van der Waals surface area contributed by atoms with E-state index in [4.69, 9.17) is 4.98 Å². The molecule has 2 aromatic rings. The summed E-state index contributed by atoms with van der Waals surface area (Å²) in [5, 5.41) is 3.13. The number of H-pyrrole nitrogens is 1. The number of nitrogens with zero attached hydrogens (tertiary/aromatic N) is 4. The number of aromatic amines is 1. The van der Waals surface area contributed by atoms with Crippen LogP contribution in [0.2, 0.25) is 0 Å². The molecular weight excluding hydrogens is 418 g/mol. The first-order valence-electron chi connectivity index (χ1n) is 10.7. The molecule has 4 heterocycles. The molecule has 9 nitrogen and oxygen atoms in total. The summed E-state index contributed by atoms with van der Waals surface area (Å²) in [7, 11) is -1.17. The standard InChI is InChI=1S/C21H31N5O4S/c1-21(2,3)17-10-18-22-16(9-19(27)26(18)23-17)14-5-7-25(11-14)20(28)12-24(4)15-6-8-31(29,30)13-15/h9-10,14-15,23H,5-8,11-13H2,1-4H3/t14-,15+/m1/s1. The second kappa shape index (κ2) is 7.74. The van der Waals surface area contributed by atoms with Gasteiger partial charge in [0.05, 0.1) is 23.7 Å². The van der Waals surface area contributed by atoms with Gasteiger partial charge in [-0.05, 0) is 19.9 Å². The van der Waals surface area contributed by atoms with Gasteiger partial charge in [-0.25, -0.2) is 17.9 Å². The Morgan fingerprint density at radius 2 is 2.03 bits per heavy atom. The topological polar surface area (TPSA) is 108 Å². The lowest BCUT2D eigenvalue weighted by Gasteiger charge is -2.25. The monoisotopic (exact) mass is 449 g/mol. The van der Waals surface area contributed by atoms with Crippen LogP contribution in [0.3, 0.4) is 0 Å². The Morgan fingerprint density at radius 3 is 2.68 bits per heavy atom. The zero-order valence-corrected chi connectivity index (χ0v) is 19.4. The summed E-state index contributed by atoms with van der Waals surface area (Å²) in [5.74, 6) is 0.331. The summed E-state index contributed by atoms with van der Waals surface area (Å²) in [6.45, 7) is 7.55. The molecule has 0 aromatic carbocycles. The molecule has 2 fully saturated rings. The van der Waals surface area contributed by atoms with E-state index < -0.39 is 9.84 Å². The van der Waals surface area contributed by atoms with Crippen molar-refractivity contribution in [1.82, 2.24) is 24.4 Å². The first-order valence-corrected chi connectivity index (χ1v) is 12.6. The summed E-state index contributed by atoms with van der Waals surface area (Å²) in [6.07, 6.45) is 1.34. The fraction of sp³-hybridized carbons (Fsp3) is 0.667. The molecule has 0 radical (unpaired) electrons. The number of hydrogen-bond acceptors (Lipinski definition) is 6. The van der Waals surface area contributed by atoms with Crippen LogP contribution in [0.1, 0.15) is 50.9 Å². The van der Waals surface area contributed by atoms with Crippen molar-refractivity contribution in [3.05, 3.63) is 33.9 Å². The molecular formula is C21H31N5O4S. The zero-order valence-electron chi connectivity index (χ0n) is 18.6. The van der Waals surface area contributed by atoms with Crippen molar-refractivity contribution in [3.63, 3.8) is 0 Å². The van der Waals surface area contributed by atoms with E-state index in [9.17, 15) is 18.0 Å². The molecule has 4 rings (SSSR count). The number of hydrogen-bond donors (Lipinski definition) is 1. The molecule has 1 N–H and O–H groups in total. The van der Waals surface area contributed by atoms with Crippen molar-refractivity contribution in [3.8, 4) is 0 Å². The number of sulfone groups is 1. The molecule has 0 aliphatic carbocycles. The van der Waals surface area contributed by atoms with E-state index in [2.05, 4.69) is 25.9 Å². The van der Waals surface area contributed by atoms with Crippen LogP contribution < -0.4 is 5.56 Å². The Morgan fingerprint density at radius 1 is 1.29 bits per heavy atom. The molecule has 31 heavy (non-hydrogen) atoms. The van der Waals surface area contributed by atoms with E-state index in [0.717, 1.165) is 17.8 Å². The van der Waals surface area contributed by atoms with Gasteiger partial charge in [-0.2, -0.15) is 0 Å². The number of aromatic nitrogens is 3. The Labute approximate surface area is 182 Å². The van der Waals surface area contributed by atoms with E-state index in [-0.39, 0.29) is 46.9 Å². The summed E-state index contributed by atoms with van der Waals surface area (Å²) < 4.78 is 24.9. The van der Waals surface area contributed by atoms with Crippen LogP contribution in [0.25, 0.3) is 5.65 Å². The van der Waals surface area contributed by atoms with Gasteiger partial charge in [-0.1, -0.05) is 20.8 Å². The zero-order chi connectivity index (χ0) is 22.6. The fourth-order valence-electron chi connectivity index (χ4n) is 4.40. The average Bonchev–Trinajstić information content (AvgIpc) is 3.38. The van der Waals surface area contributed by atoms with Gasteiger partial charge in [0.15, 0.2) is 15.5 Å². The van der Waals surface area contributed by atoms with Gasteiger partial charge in [0.25, 0.3) is 5.56 Å². The van der Waals surface area contributed by atoms with Crippen LogP contribution in [0.5, 0.6) is 0 Å². The van der Waals surface area contributed by atoms with Crippen molar-refractivity contribution in [1.29, 1.82) is 0 Å². The van der Waals surface area contributed by atoms with Crippen molar-refractivity contribution < 1.29 is 13.2 Å². The molecule has 2 saturated heterocycles. The van der Waals surface area contributed by atoms with Gasteiger partial charge < -0.3 is 4.90 Å². The quantitative estimate of drug-likeness (QED) is 0.738. The molecule has 1 amide bonds. The van der Waals surface area contributed by atoms with Crippen molar-refractivity contribution in [2.75, 3.05) is 38.2 Å². The largest absolute Gasteiger partial charge is 0.341 e. The number of amides is 1. The minimum atomic E-state index is -2.98. The molecule has 0 unspecified atom stereocenters. The Kier molecular flexibility index (Phi) is 5.49. The third-order valence-corrected chi connectivity index (χ3v) is 8.20. The average molecular weight is 450 g/mol. The SMILES string of the molecule is CN(CC(=O)N1CC[C@@H](c2cc(=O)n3[nH]c(C(C)(C)C)cc3n2)C1)[C@H]1CCS(=O)(=O)C1. The van der Waals surface area contributed by atoms with Crippen LogP contribution in [-0.4, -0.2) is 83.0 Å². The molecule has 10 heteroatoms. The van der Waals surface area contributed by atoms with Crippen LogP contribution in [0.15, 0.2) is 16.9 Å². The first-order chi connectivity index (χ1) is 14.4. The maximum atomic E-state index is 12.8.